The number of phenols is 1. The van der Waals surface area contributed by atoms with Crippen LogP contribution in [0.2, 0.25) is 0 Å². The summed E-state index contributed by atoms with van der Waals surface area (Å²) in [5.74, 6) is 0.132. The molecular weight excluding hydrogens is 220 g/mol. The van der Waals surface area contributed by atoms with Gasteiger partial charge in [0.05, 0.1) is 13.2 Å². The first-order valence-corrected chi connectivity index (χ1v) is 5.28. The van der Waals surface area contributed by atoms with Crippen molar-refractivity contribution in [3.63, 3.8) is 0 Å². The molecule has 0 aliphatic rings. The average Bonchev–Trinajstić information content (AvgIpc) is 2.32. The summed E-state index contributed by atoms with van der Waals surface area (Å²) in [7, 11) is 1.43. The topological polar surface area (TPSA) is 59.7 Å². The minimum absolute atomic E-state index is 0.0143. The first-order chi connectivity index (χ1) is 7.97. The molecule has 4 heteroatoms. The van der Waals surface area contributed by atoms with E-state index in [1.807, 2.05) is 13.8 Å². The molecule has 0 bridgehead atoms. The summed E-state index contributed by atoms with van der Waals surface area (Å²) in [5, 5.41) is 10.2. The van der Waals surface area contributed by atoms with Crippen molar-refractivity contribution in [3.8, 4) is 11.7 Å². The van der Waals surface area contributed by atoms with Crippen LogP contribution in [-0.2, 0) is 0 Å². The van der Waals surface area contributed by atoms with Gasteiger partial charge in [0, 0.05) is 0 Å². The molecule has 90 valence electrons. The molecule has 0 amide bonds. The van der Waals surface area contributed by atoms with E-state index in [0.717, 1.165) is 11.1 Å². The fraction of sp³-hybridized carbons (Fsp3) is 0.308. The zero-order valence-electron chi connectivity index (χ0n) is 10.2. The van der Waals surface area contributed by atoms with E-state index < -0.39 is 0 Å². The maximum atomic E-state index is 11.9. The Hall–Kier alpha value is -1.97. The van der Waals surface area contributed by atoms with Crippen LogP contribution in [0.1, 0.15) is 16.7 Å². The van der Waals surface area contributed by atoms with Crippen molar-refractivity contribution in [1.29, 1.82) is 0 Å². The van der Waals surface area contributed by atoms with Gasteiger partial charge in [-0.3, -0.25) is 4.79 Å². The SMILES string of the molecule is COc1cc(=O)c2c(O)c(C)c(C)c(C)c2o1. The van der Waals surface area contributed by atoms with Crippen LogP contribution < -0.4 is 10.2 Å². The summed E-state index contributed by atoms with van der Waals surface area (Å²) in [6.07, 6.45) is 0. The second-order valence-corrected chi connectivity index (χ2v) is 4.06. The molecule has 0 saturated heterocycles. The van der Waals surface area contributed by atoms with Gasteiger partial charge in [0.2, 0.25) is 0 Å². The zero-order chi connectivity index (χ0) is 12.7. The van der Waals surface area contributed by atoms with Crippen molar-refractivity contribution in [2.45, 2.75) is 20.8 Å². The van der Waals surface area contributed by atoms with Crippen LogP contribution in [0.15, 0.2) is 15.3 Å². The first kappa shape index (κ1) is 11.5. The van der Waals surface area contributed by atoms with Crippen molar-refractivity contribution in [1.82, 2.24) is 0 Å². The van der Waals surface area contributed by atoms with E-state index >= 15 is 0 Å². The lowest BCUT2D eigenvalue weighted by molar-refractivity contribution is 0.309. The summed E-state index contributed by atoms with van der Waals surface area (Å²) < 4.78 is 10.4. The van der Waals surface area contributed by atoms with E-state index in [9.17, 15) is 9.90 Å². The fourth-order valence-corrected chi connectivity index (χ4v) is 1.88. The molecule has 2 aromatic rings. The third-order valence-electron chi connectivity index (χ3n) is 3.18. The van der Waals surface area contributed by atoms with E-state index in [1.54, 1.807) is 6.92 Å². The van der Waals surface area contributed by atoms with Crippen LogP contribution in [0.25, 0.3) is 11.0 Å². The Bertz CT molecular complexity index is 653. The molecule has 17 heavy (non-hydrogen) atoms. The fourth-order valence-electron chi connectivity index (χ4n) is 1.88. The molecule has 1 aromatic carbocycles. The van der Waals surface area contributed by atoms with E-state index in [4.69, 9.17) is 9.15 Å². The number of aryl methyl sites for hydroxylation is 1. The number of methoxy groups -OCH3 is 1. The molecule has 0 unspecified atom stereocenters. The van der Waals surface area contributed by atoms with Crippen molar-refractivity contribution in [3.05, 3.63) is 33.0 Å². The normalized spacial score (nSPS) is 10.8. The maximum absolute atomic E-state index is 11.9. The quantitative estimate of drug-likeness (QED) is 0.823. The van der Waals surface area contributed by atoms with Crippen LogP contribution in [0, 0.1) is 20.8 Å². The molecule has 0 aliphatic heterocycles. The molecule has 0 fully saturated rings. The monoisotopic (exact) mass is 234 g/mol. The predicted octanol–water partition coefficient (Wildman–Crippen LogP) is 2.43. The summed E-state index contributed by atoms with van der Waals surface area (Å²) in [5.41, 5.74) is 2.53. The van der Waals surface area contributed by atoms with Gasteiger partial charge in [-0.1, -0.05) is 0 Å². The summed E-state index contributed by atoms with van der Waals surface area (Å²) in [6.45, 7) is 5.51. The van der Waals surface area contributed by atoms with E-state index in [1.165, 1.54) is 13.2 Å². The number of rotatable bonds is 1. The number of benzene rings is 1. The lowest BCUT2D eigenvalue weighted by Gasteiger charge is -2.11. The van der Waals surface area contributed by atoms with Crippen LogP contribution in [0.5, 0.6) is 11.7 Å². The summed E-state index contributed by atoms with van der Waals surface area (Å²) in [4.78, 5) is 11.9. The van der Waals surface area contributed by atoms with Crippen LogP contribution in [0.4, 0.5) is 0 Å². The number of hydrogen-bond acceptors (Lipinski definition) is 4. The molecule has 1 heterocycles. The standard InChI is InChI=1S/C13H14O4/c1-6-7(2)12(15)11-9(14)5-10(16-4)17-13(11)8(6)3/h5,15H,1-4H3. The van der Waals surface area contributed by atoms with Crippen molar-refractivity contribution in [2.75, 3.05) is 7.11 Å². The molecule has 0 radical (unpaired) electrons. The van der Waals surface area contributed by atoms with Gasteiger partial charge in [-0.2, -0.15) is 0 Å². The highest BCUT2D eigenvalue weighted by atomic mass is 16.6. The molecule has 0 atom stereocenters. The average molecular weight is 234 g/mol. The summed E-state index contributed by atoms with van der Waals surface area (Å²) >= 11 is 0. The van der Waals surface area contributed by atoms with Crippen LogP contribution >= 0.6 is 0 Å². The Morgan fingerprint density at radius 2 is 1.82 bits per heavy atom. The smallest absolute Gasteiger partial charge is 0.288 e. The number of fused-ring (bicyclic) bond motifs is 1. The van der Waals surface area contributed by atoms with Crippen molar-refractivity contribution >= 4 is 11.0 Å². The van der Waals surface area contributed by atoms with Gasteiger partial charge in [-0.25, -0.2) is 0 Å². The molecule has 0 saturated carbocycles. The van der Waals surface area contributed by atoms with E-state index in [-0.39, 0.29) is 22.5 Å². The Kier molecular flexibility index (Phi) is 2.58. The predicted molar refractivity (Wildman–Crippen MR) is 64.9 cm³/mol. The highest BCUT2D eigenvalue weighted by molar-refractivity contribution is 5.88. The Balaban J connectivity index is 3.06. The van der Waals surface area contributed by atoms with Gasteiger partial charge < -0.3 is 14.3 Å². The Morgan fingerprint density at radius 1 is 1.18 bits per heavy atom. The zero-order valence-corrected chi connectivity index (χ0v) is 10.2. The van der Waals surface area contributed by atoms with Crippen molar-refractivity contribution in [2.24, 2.45) is 0 Å². The minimum atomic E-state index is -0.299. The Morgan fingerprint density at radius 3 is 2.41 bits per heavy atom. The third-order valence-corrected chi connectivity index (χ3v) is 3.18. The molecule has 4 nitrogen and oxygen atoms in total. The summed E-state index contributed by atoms with van der Waals surface area (Å²) in [6, 6.07) is 1.23. The lowest BCUT2D eigenvalue weighted by Crippen LogP contribution is -2.04. The van der Waals surface area contributed by atoms with Gasteiger partial charge in [0.15, 0.2) is 5.43 Å². The van der Waals surface area contributed by atoms with Gasteiger partial charge >= 0.3 is 0 Å². The van der Waals surface area contributed by atoms with Gasteiger partial charge in [0.25, 0.3) is 5.95 Å². The molecule has 0 spiro atoms. The Labute approximate surface area is 98.4 Å². The highest BCUT2D eigenvalue weighted by Crippen LogP contribution is 2.33. The first-order valence-electron chi connectivity index (χ1n) is 5.28. The molecule has 2 rings (SSSR count). The highest BCUT2D eigenvalue weighted by Gasteiger charge is 2.16. The molecular formula is C13H14O4. The number of aromatic hydroxyl groups is 1. The lowest BCUT2D eigenvalue weighted by atomic mass is 9.99. The van der Waals surface area contributed by atoms with E-state index in [0.29, 0.717) is 11.1 Å². The van der Waals surface area contributed by atoms with Gasteiger partial charge in [-0.15, -0.1) is 0 Å². The second-order valence-electron chi connectivity index (χ2n) is 4.06. The molecule has 1 N–H and O–H groups in total. The number of hydrogen-bond donors (Lipinski definition) is 1. The van der Waals surface area contributed by atoms with Crippen LogP contribution in [0.3, 0.4) is 0 Å². The van der Waals surface area contributed by atoms with Crippen LogP contribution in [-0.4, -0.2) is 12.2 Å². The minimum Gasteiger partial charge on any atom is -0.507 e. The van der Waals surface area contributed by atoms with Gasteiger partial charge in [0.1, 0.15) is 16.7 Å². The molecule has 1 aromatic heterocycles. The molecule has 0 aliphatic carbocycles. The maximum Gasteiger partial charge on any atom is 0.288 e. The van der Waals surface area contributed by atoms with Crippen molar-refractivity contribution < 1.29 is 14.3 Å². The third kappa shape index (κ3) is 1.56. The largest absolute Gasteiger partial charge is 0.507 e. The van der Waals surface area contributed by atoms with Gasteiger partial charge in [-0.05, 0) is 37.5 Å². The second kappa shape index (κ2) is 3.80. The van der Waals surface area contributed by atoms with E-state index in [2.05, 4.69) is 0 Å². The number of phenolic OH excluding ortho intramolecular Hbond substituents is 1. The number of ether oxygens (including phenoxy) is 1.